The molecule has 0 bridgehead atoms. The van der Waals surface area contributed by atoms with Crippen LogP contribution in [-0.2, 0) is 16.1 Å². The molecule has 158 valence electrons. The molecule has 1 amide bonds. The minimum absolute atomic E-state index is 0.170. The molecule has 8 nitrogen and oxygen atoms in total. The van der Waals surface area contributed by atoms with E-state index < -0.39 is 0 Å². The molecule has 2 saturated heterocycles. The van der Waals surface area contributed by atoms with Crippen LogP contribution < -0.4 is 5.32 Å². The summed E-state index contributed by atoms with van der Waals surface area (Å²) >= 11 is 0. The second kappa shape index (κ2) is 10.3. The predicted octanol–water partition coefficient (Wildman–Crippen LogP) is 1.84. The molecule has 3 rings (SSSR count). The average molecular weight is 394 g/mol. The zero-order valence-corrected chi connectivity index (χ0v) is 17.5. The summed E-state index contributed by atoms with van der Waals surface area (Å²) in [7, 11) is 1.63. The first kappa shape index (κ1) is 21.2. The van der Waals surface area contributed by atoms with Gasteiger partial charge in [0.05, 0.1) is 6.54 Å². The lowest BCUT2D eigenvalue weighted by Gasteiger charge is -2.30. The number of methoxy groups -OCH3 is 1. The number of nitrogens with one attached hydrogen (secondary N) is 1. The van der Waals surface area contributed by atoms with Gasteiger partial charge in [-0.3, -0.25) is 9.69 Å². The van der Waals surface area contributed by atoms with E-state index in [2.05, 4.69) is 27.3 Å². The molecule has 0 aromatic carbocycles. The standard InChI is InChI=1S/C20H35N5O3/c1-15(17-6-4-7-21-13-17)12-19(26)25-9-5-8-24(10-11-25)14-18-22-20(23-28-18)16(2)27-3/h15-17,21H,4-14H2,1-3H3. The van der Waals surface area contributed by atoms with Crippen LogP contribution in [0.15, 0.2) is 4.52 Å². The van der Waals surface area contributed by atoms with Crippen LogP contribution >= 0.6 is 0 Å². The second-order valence-corrected chi connectivity index (χ2v) is 8.22. The van der Waals surface area contributed by atoms with Crippen molar-refractivity contribution in [2.45, 2.75) is 52.2 Å². The van der Waals surface area contributed by atoms with E-state index in [0.29, 0.717) is 42.4 Å². The monoisotopic (exact) mass is 393 g/mol. The summed E-state index contributed by atoms with van der Waals surface area (Å²) in [4.78, 5) is 21.6. The Morgan fingerprint density at radius 2 is 2.14 bits per heavy atom. The van der Waals surface area contributed by atoms with Gasteiger partial charge in [-0.05, 0) is 51.1 Å². The fraction of sp³-hybridized carbons (Fsp3) is 0.850. The Hall–Kier alpha value is -1.51. The van der Waals surface area contributed by atoms with Crippen LogP contribution in [0.1, 0.15) is 57.3 Å². The lowest BCUT2D eigenvalue weighted by atomic mass is 9.85. The van der Waals surface area contributed by atoms with Crippen LogP contribution in [0.5, 0.6) is 0 Å². The summed E-state index contributed by atoms with van der Waals surface area (Å²) in [5.74, 6) is 2.56. The summed E-state index contributed by atoms with van der Waals surface area (Å²) in [6.45, 7) is 10.3. The lowest BCUT2D eigenvalue weighted by molar-refractivity contribution is -0.132. The Labute approximate surface area is 168 Å². The number of aromatic nitrogens is 2. The molecule has 2 fully saturated rings. The van der Waals surface area contributed by atoms with Gasteiger partial charge in [0.2, 0.25) is 11.8 Å². The topological polar surface area (TPSA) is 83.7 Å². The summed E-state index contributed by atoms with van der Waals surface area (Å²) < 4.78 is 10.6. The van der Waals surface area contributed by atoms with Crippen molar-refractivity contribution in [2.75, 3.05) is 46.4 Å². The molecule has 0 radical (unpaired) electrons. The molecule has 1 aromatic heterocycles. The van der Waals surface area contributed by atoms with Crippen molar-refractivity contribution in [3.63, 3.8) is 0 Å². The third-order valence-electron chi connectivity index (χ3n) is 6.14. The zero-order valence-electron chi connectivity index (χ0n) is 17.5. The van der Waals surface area contributed by atoms with Crippen LogP contribution in [0.4, 0.5) is 0 Å². The van der Waals surface area contributed by atoms with Gasteiger partial charge in [-0.2, -0.15) is 4.98 Å². The molecule has 2 aliphatic rings. The van der Waals surface area contributed by atoms with Gasteiger partial charge in [-0.25, -0.2) is 0 Å². The lowest BCUT2D eigenvalue weighted by Crippen LogP contribution is -2.38. The fourth-order valence-electron chi connectivity index (χ4n) is 4.11. The zero-order chi connectivity index (χ0) is 19.9. The number of carbonyl (C=O) groups excluding carboxylic acids is 1. The molecule has 28 heavy (non-hydrogen) atoms. The molecule has 1 aromatic rings. The molecule has 8 heteroatoms. The van der Waals surface area contributed by atoms with Crippen molar-refractivity contribution in [1.82, 2.24) is 25.3 Å². The first-order chi connectivity index (χ1) is 13.6. The first-order valence-electron chi connectivity index (χ1n) is 10.6. The summed E-state index contributed by atoms with van der Waals surface area (Å²) in [5, 5.41) is 7.45. The summed E-state index contributed by atoms with van der Waals surface area (Å²) in [5.41, 5.74) is 0. The van der Waals surface area contributed by atoms with Gasteiger partial charge in [-0.1, -0.05) is 12.1 Å². The quantitative estimate of drug-likeness (QED) is 0.757. The predicted molar refractivity (Wildman–Crippen MR) is 106 cm³/mol. The average Bonchev–Trinajstić information content (AvgIpc) is 3.05. The molecule has 1 N–H and O–H groups in total. The summed E-state index contributed by atoms with van der Waals surface area (Å²) in [6, 6.07) is 0. The number of hydrogen-bond donors (Lipinski definition) is 1. The SMILES string of the molecule is COC(C)c1noc(CN2CCCN(C(=O)CC(C)C3CCCNC3)CC2)n1. The van der Waals surface area contributed by atoms with Crippen molar-refractivity contribution in [3.05, 3.63) is 11.7 Å². The molecular formula is C20H35N5O3. The molecule has 3 unspecified atom stereocenters. The van der Waals surface area contributed by atoms with Crippen LogP contribution in [0, 0.1) is 11.8 Å². The first-order valence-corrected chi connectivity index (χ1v) is 10.6. The maximum Gasteiger partial charge on any atom is 0.240 e. The minimum atomic E-state index is -0.170. The minimum Gasteiger partial charge on any atom is -0.374 e. The van der Waals surface area contributed by atoms with Crippen LogP contribution in [0.2, 0.25) is 0 Å². The number of hydrogen-bond acceptors (Lipinski definition) is 7. The van der Waals surface area contributed by atoms with E-state index >= 15 is 0 Å². The van der Waals surface area contributed by atoms with E-state index in [9.17, 15) is 4.79 Å². The maximum atomic E-state index is 12.8. The highest BCUT2D eigenvalue weighted by Gasteiger charge is 2.26. The third-order valence-corrected chi connectivity index (χ3v) is 6.14. The van der Waals surface area contributed by atoms with E-state index in [0.717, 1.165) is 45.7 Å². The second-order valence-electron chi connectivity index (χ2n) is 8.22. The van der Waals surface area contributed by atoms with Gasteiger partial charge in [0.15, 0.2) is 5.82 Å². The number of piperidine rings is 1. The highest BCUT2D eigenvalue weighted by atomic mass is 16.5. The van der Waals surface area contributed by atoms with Crippen molar-refractivity contribution in [3.8, 4) is 0 Å². The van der Waals surface area contributed by atoms with E-state index in [4.69, 9.17) is 9.26 Å². The van der Waals surface area contributed by atoms with Gasteiger partial charge in [-0.15, -0.1) is 0 Å². The molecule has 0 spiro atoms. The van der Waals surface area contributed by atoms with Crippen LogP contribution in [0.3, 0.4) is 0 Å². The van der Waals surface area contributed by atoms with Gasteiger partial charge >= 0.3 is 0 Å². The van der Waals surface area contributed by atoms with Gasteiger partial charge in [0, 0.05) is 39.7 Å². The van der Waals surface area contributed by atoms with Crippen LogP contribution in [0.25, 0.3) is 0 Å². The van der Waals surface area contributed by atoms with E-state index in [1.165, 1.54) is 12.8 Å². The van der Waals surface area contributed by atoms with E-state index in [1.807, 2.05) is 11.8 Å². The normalized spacial score (nSPS) is 24.0. The smallest absolute Gasteiger partial charge is 0.240 e. The number of ether oxygens (including phenoxy) is 1. The summed E-state index contributed by atoms with van der Waals surface area (Å²) in [6.07, 6.45) is 3.93. The van der Waals surface area contributed by atoms with Gasteiger partial charge in [0.1, 0.15) is 6.10 Å². The molecule has 3 heterocycles. The molecule has 3 atom stereocenters. The van der Waals surface area contributed by atoms with E-state index in [1.54, 1.807) is 7.11 Å². The Bertz CT molecular complexity index is 617. The third kappa shape index (κ3) is 5.75. The van der Waals surface area contributed by atoms with Crippen LogP contribution in [-0.4, -0.2) is 72.2 Å². The number of carbonyl (C=O) groups is 1. The molecule has 2 aliphatic heterocycles. The van der Waals surface area contributed by atoms with Crippen molar-refractivity contribution in [2.24, 2.45) is 11.8 Å². The molecule has 0 saturated carbocycles. The Morgan fingerprint density at radius 1 is 1.29 bits per heavy atom. The van der Waals surface area contributed by atoms with Crippen molar-refractivity contribution >= 4 is 5.91 Å². The number of nitrogens with zero attached hydrogens (tertiary/aromatic N) is 4. The number of amides is 1. The van der Waals surface area contributed by atoms with Gasteiger partial charge in [0.25, 0.3) is 0 Å². The number of rotatable bonds is 7. The Morgan fingerprint density at radius 3 is 2.89 bits per heavy atom. The highest BCUT2D eigenvalue weighted by Crippen LogP contribution is 2.23. The van der Waals surface area contributed by atoms with Gasteiger partial charge < -0.3 is 19.5 Å². The maximum absolute atomic E-state index is 12.8. The Balaban J connectivity index is 1.46. The largest absolute Gasteiger partial charge is 0.374 e. The van der Waals surface area contributed by atoms with Crippen molar-refractivity contribution < 1.29 is 14.1 Å². The Kier molecular flexibility index (Phi) is 7.82. The molecular weight excluding hydrogens is 358 g/mol. The highest BCUT2D eigenvalue weighted by molar-refractivity contribution is 5.76. The van der Waals surface area contributed by atoms with E-state index in [-0.39, 0.29) is 6.10 Å². The molecule has 0 aliphatic carbocycles. The fourth-order valence-corrected chi connectivity index (χ4v) is 4.11. The van der Waals surface area contributed by atoms with Crippen molar-refractivity contribution in [1.29, 1.82) is 0 Å².